The molecule has 3 rings (SSSR count). The molecule has 3 aromatic rings. The van der Waals surface area contributed by atoms with Gasteiger partial charge in [0.25, 0.3) is 0 Å². The third-order valence-corrected chi connectivity index (χ3v) is 3.78. The second-order valence-electron chi connectivity index (χ2n) is 5.10. The molecule has 0 radical (unpaired) electrons. The Morgan fingerprint density at radius 1 is 0.857 bits per heavy atom. The number of hydrogen-bond donors (Lipinski definition) is 0. The first-order chi connectivity index (χ1) is 10.4. The van der Waals surface area contributed by atoms with Crippen molar-refractivity contribution in [1.29, 1.82) is 0 Å². The summed E-state index contributed by atoms with van der Waals surface area (Å²) in [4.78, 5) is 0. The highest BCUT2D eigenvalue weighted by Crippen LogP contribution is 2.34. The predicted molar refractivity (Wildman–Crippen MR) is 91.5 cm³/mol. The summed E-state index contributed by atoms with van der Waals surface area (Å²) >= 11 is 0. The zero-order valence-corrected chi connectivity index (χ0v) is 12.1. The number of aromatic nitrogens is 1. The fraction of sp³-hybridized carbons (Fsp3) is 0.100. The Bertz CT molecular complexity index is 731. The minimum atomic E-state index is 0.807. The summed E-state index contributed by atoms with van der Waals surface area (Å²) in [7, 11) is 0. The van der Waals surface area contributed by atoms with E-state index in [0.717, 1.165) is 13.0 Å². The summed E-state index contributed by atoms with van der Waals surface area (Å²) in [5.74, 6) is 0. The number of rotatable bonds is 5. The van der Waals surface area contributed by atoms with Crippen LogP contribution in [0.1, 0.15) is 5.56 Å². The summed E-state index contributed by atoms with van der Waals surface area (Å²) < 4.78 is 2.34. The second kappa shape index (κ2) is 5.84. The topological polar surface area (TPSA) is 4.93 Å². The van der Waals surface area contributed by atoms with Crippen molar-refractivity contribution in [1.82, 2.24) is 4.57 Å². The van der Waals surface area contributed by atoms with E-state index in [1.165, 1.54) is 27.7 Å². The molecule has 1 heterocycles. The van der Waals surface area contributed by atoms with Gasteiger partial charge in [-0.1, -0.05) is 60.7 Å². The third-order valence-electron chi connectivity index (χ3n) is 3.78. The van der Waals surface area contributed by atoms with E-state index in [2.05, 4.69) is 72.3 Å². The Morgan fingerprint density at radius 3 is 2.29 bits per heavy atom. The molecule has 1 aromatic heterocycles. The van der Waals surface area contributed by atoms with Gasteiger partial charge in [0.2, 0.25) is 0 Å². The Labute approximate surface area is 125 Å². The van der Waals surface area contributed by atoms with E-state index in [1.54, 1.807) is 0 Å². The fourth-order valence-electron chi connectivity index (χ4n) is 2.97. The average molecular weight is 273 g/mol. The summed E-state index contributed by atoms with van der Waals surface area (Å²) in [6, 6.07) is 19.1. The normalized spacial score (nSPS) is 10.7. The van der Waals surface area contributed by atoms with Gasteiger partial charge in [0, 0.05) is 17.4 Å². The summed E-state index contributed by atoms with van der Waals surface area (Å²) in [6.45, 7) is 8.64. The molecule has 104 valence electrons. The van der Waals surface area contributed by atoms with Crippen molar-refractivity contribution in [2.75, 3.05) is 0 Å². The zero-order chi connectivity index (χ0) is 14.7. The first kappa shape index (κ1) is 13.4. The molecule has 0 saturated carbocycles. The molecule has 0 N–H and O–H groups in total. The lowest BCUT2D eigenvalue weighted by atomic mass is 10.0. The number of fused-ring (bicyclic) bond motifs is 1. The van der Waals surface area contributed by atoms with Crippen LogP contribution in [0.3, 0.4) is 0 Å². The van der Waals surface area contributed by atoms with Crippen LogP contribution in [-0.2, 0) is 13.0 Å². The van der Waals surface area contributed by atoms with E-state index < -0.39 is 0 Å². The molecule has 0 fully saturated rings. The van der Waals surface area contributed by atoms with Crippen LogP contribution in [-0.4, -0.2) is 4.57 Å². The Kier molecular flexibility index (Phi) is 3.74. The van der Waals surface area contributed by atoms with Crippen LogP contribution < -0.4 is 0 Å². The largest absolute Gasteiger partial charge is 0.336 e. The van der Waals surface area contributed by atoms with Crippen molar-refractivity contribution < 1.29 is 0 Å². The summed E-state index contributed by atoms with van der Waals surface area (Å²) in [5, 5.41) is 1.30. The van der Waals surface area contributed by atoms with E-state index in [-0.39, 0.29) is 0 Å². The van der Waals surface area contributed by atoms with Gasteiger partial charge in [-0.15, -0.1) is 13.2 Å². The standard InChI is InChI=1S/C20H19N/c1-3-10-18-17-13-8-9-14-19(17)21(15-4-2)20(18)16-11-6-5-7-12-16/h3-9,11-14H,1-2,10,15H2. The lowest BCUT2D eigenvalue weighted by Crippen LogP contribution is -1.98. The molecular weight excluding hydrogens is 254 g/mol. The Balaban J connectivity index is 2.38. The number of allylic oxidation sites excluding steroid dienone is 2. The highest BCUT2D eigenvalue weighted by molar-refractivity contribution is 5.92. The van der Waals surface area contributed by atoms with Gasteiger partial charge in [-0.05, 0) is 23.6 Å². The van der Waals surface area contributed by atoms with E-state index in [0.29, 0.717) is 0 Å². The SMILES string of the molecule is C=CCc1c(-c2ccccc2)n(CC=C)c2ccccc12. The molecular formula is C20H19N. The van der Waals surface area contributed by atoms with Crippen molar-refractivity contribution in [3.8, 4) is 11.3 Å². The van der Waals surface area contributed by atoms with Crippen LogP contribution in [0.2, 0.25) is 0 Å². The zero-order valence-electron chi connectivity index (χ0n) is 12.1. The van der Waals surface area contributed by atoms with Gasteiger partial charge in [-0.2, -0.15) is 0 Å². The Morgan fingerprint density at radius 2 is 1.57 bits per heavy atom. The molecule has 0 aliphatic heterocycles. The molecule has 0 spiro atoms. The maximum atomic E-state index is 3.92. The smallest absolute Gasteiger partial charge is 0.0530 e. The van der Waals surface area contributed by atoms with E-state index in [9.17, 15) is 0 Å². The van der Waals surface area contributed by atoms with Gasteiger partial charge in [-0.25, -0.2) is 0 Å². The molecule has 0 saturated heterocycles. The van der Waals surface area contributed by atoms with Crippen molar-refractivity contribution >= 4 is 10.9 Å². The molecule has 2 aromatic carbocycles. The molecule has 21 heavy (non-hydrogen) atoms. The maximum absolute atomic E-state index is 3.92. The van der Waals surface area contributed by atoms with Gasteiger partial charge in [0.05, 0.1) is 5.69 Å². The lowest BCUT2D eigenvalue weighted by molar-refractivity contribution is 0.869. The van der Waals surface area contributed by atoms with Gasteiger partial charge in [0.15, 0.2) is 0 Å². The third kappa shape index (κ3) is 2.31. The molecule has 0 bridgehead atoms. The molecule has 1 nitrogen and oxygen atoms in total. The van der Waals surface area contributed by atoms with Crippen molar-refractivity contribution in [3.63, 3.8) is 0 Å². The predicted octanol–water partition coefficient (Wildman–Crippen LogP) is 5.22. The van der Waals surface area contributed by atoms with Crippen LogP contribution in [0.25, 0.3) is 22.2 Å². The van der Waals surface area contributed by atoms with E-state index >= 15 is 0 Å². The van der Waals surface area contributed by atoms with Gasteiger partial charge >= 0.3 is 0 Å². The maximum Gasteiger partial charge on any atom is 0.0530 e. The monoisotopic (exact) mass is 273 g/mol. The van der Waals surface area contributed by atoms with Crippen molar-refractivity contribution in [2.24, 2.45) is 0 Å². The first-order valence-electron chi connectivity index (χ1n) is 7.24. The molecule has 0 unspecified atom stereocenters. The average Bonchev–Trinajstić information content (AvgIpc) is 2.84. The number of hydrogen-bond acceptors (Lipinski definition) is 0. The van der Waals surface area contributed by atoms with Crippen LogP contribution >= 0.6 is 0 Å². The lowest BCUT2D eigenvalue weighted by Gasteiger charge is -2.10. The van der Waals surface area contributed by atoms with Crippen LogP contribution in [0.4, 0.5) is 0 Å². The minimum absolute atomic E-state index is 0.807. The van der Waals surface area contributed by atoms with Crippen LogP contribution in [0.15, 0.2) is 79.9 Å². The number of nitrogens with zero attached hydrogens (tertiary/aromatic N) is 1. The quantitative estimate of drug-likeness (QED) is 0.561. The highest BCUT2D eigenvalue weighted by Gasteiger charge is 2.16. The van der Waals surface area contributed by atoms with Gasteiger partial charge < -0.3 is 4.57 Å². The molecule has 0 atom stereocenters. The van der Waals surface area contributed by atoms with Crippen LogP contribution in [0, 0.1) is 0 Å². The number of benzene rings is 2. The first-order valence-corrected chi connectivity index (χ1v) is 7.24. The van der Waals surface area contributed by atoms with Crippen LogP contribution in [0.5, 0.6) is 0 Å². The molecule has 0 aliphatic carbocycles. The van der Waals surface area contributed by atoms with Gasteiger partial charge in [0.1, 0.15) is 0 Å². The van der Waals surface area contributed by atoms with Crippen molar-refractivity contribution in [2.45, 2.75) is 13.0 Å². The summed E-state index contributed by atoms with van der Waals surface area (Å²) in [5.41, 5.74) is 5.12. The molecule has 0 amide bonds. The molecule has 0 aliphatic rings. The fourth-order valence-corrected chi connectivity index (χ4v) is 2.97. The van der Waals surface area contributed by atoms with E-state index in [4.69, 9.17) is 0 Å². The number of para-hydroxylation sites is 1. The summed E-state index contributed by atoms with van der Waals surface area (Å²) in [6.07, 6.45) is 4.80. The minimum Gasteiger partial charge on any atom is -0.336 e. The Hall–Kier alpha value is -2.54. The second-order valence-corrected chi connectivity index (χ2v) is 5.10. The van der Waals surface area contributed by atoms with E-state index in [1.807, 2.05) is 12.2 Å². The van der Waals surface area contributed by atoms with Crippen molar-refractivity contribution in [3.05, 3.63) is 85.5 Å². The van der Waals surface area contributed by atoms with Gasteiger partial charge in [-0.3, -0.25) is 0 Å². The molecule has 1 heteroatoms. The highest BCUT2D eigenvalue weighted by atomic mass is 15.0.